The van der Waals surface area contributed by atoms with Gasteiger partial charge in [0.2, 0.25) is 0 Å². The van der Waals surface area contributed by atoms with Gasteiger partial charge in [0.05, 0.1) is 6.33 Å². The molecule has 19 heavy (non-hydrogen) atoms. The van der Waals surface area contributed by atoms with Gasteiger partial charge in [-0.25, -0.2) is 4.98 Å². The van der Waals surface area contributed by atoms with Crippen LogP contribution in [0.3, 0.4) is 0 Å². The third-order valence-electron chi connectivity index (χ3n) is 3.32. The van der Waals surface area contributed by atoms with Crippen molar-refractivity contribution >= 4 is 11.6 Å². The highest BCUT2D eigenvalue weighted by Gasteiger charge is 2.31. The van der Waals surface area contributed by atoms with Crippen molar-refractivity contribution in [3.8, 4) is 0 Å². The molecule has 0 spiro atoms. The van der Waals surface area contributed by atoms with E-state index in [1.54, 1.807) is 4.90 Å². The van der Waals surface area contributed by atoms with Gasteiger partial charge < -0.3 is 9.88 Å². The molecule has 1 aromatic heterocycles. The fourth-order valence-electron chi connectivity index (χ4n) is 2.48. The minimum atomic E-state index is -0.321. The SMILES string of the molecule is C[C@H]1Cc2ccccc2N1C(=O)c1cc(=O)[nH]cn1. The molecule has 0 aliphatic carbocycles. The molecule has 3 rings (SSSR count). The maximum absolute atomic E-state index is 12.5. The molecule has 0 bridgehead atoms. The maximum atomic E-state index is 12.5. The van der Waals surface area contributed by atoms with E-state index in [0.29, 0.717) is 0 Å². The Morgan fingerprint density at radius 2 is 2.21 bits per heavy atom. The molecule has 5 heteroatoms. The summed E-state index contributed by atoms with van der Waals surface area (Å²) >= 11 is 0. The van der Waals surface area contributed by atoms with E-state index in [4.69, 9.17) is 0 Å². The van der Waals surface area contributed by atoms with Crippen LogP contribution in [-0.2, 0) is 6.42 Å². The average Bonchev–Trinajstić information content (AvgIpc) is 2.74. The number of carbonyl (C=O) groups excluding carboxylic acids is 1. The van der Waals surface area contributed by atoms with E-state index in [2.05, 4.69) is 9.97 Å². The lowest BCUT2D eigenvalue weighted by Crippen LogP contribution is -2.36. The first-order valence-corrected chi connectivity index (χ1v) is 6.13. The Bertz CT molecular complexity index is 693. The van der Waals surface area contributed by atoms with Crippen molar-refractivity contribution in [2.75, 3.05) is 4.90 Å². The summed E-state index contributed by atoms with van der Waals surface area (Å²) in [5.74, 6) is -0.233. The third kappa shape index (κ3) is 1.93. The monoisotopic (exact) mass is 255 g/mol. The van der Waals surface area contributed by atoms with Crippen molar-refractivity contribution in [1.82, 2.24) is 9.97 Å². The van der Waals surface area contributed by atoms with Gasteiger partial charge in [0, 0.05) is 17.8 Å². The van der Waals surface area contributed by atoms with Gasteiger partial charge in [0.1, 0.15) is 5.69 Å². The number of H-pyrrole nitrogens is 1. The molecule has 1 aliphatic rings. The van der Waals surface area contributed by atoms with Crippen molar-refractivity contribution in [2.45, 2.75) is 19.4 Å². The Labute approximate surface area is 109 Å². The van der Waals surface area contributed by atoms with Crippen LogP contribution in [0.4, 0.5) is 5.69 Å². The molecule has 0 saturated carbocycles. The highest BCUT2D eigenvalue weighted by Crippen LogP contribution is 2.32. The van der Waals surface area contributed by atoms with Gasteiger partial charge in [-0.15, -0.1) is 0 Å². The van der Waals surface area contributed by atoms with Crippen LogP contribution in [0.2, 0.25) is 0 Å². The van der Waals surface area contributed by atoms with Crippen molar-refractivity contribution in [1.29, 1.82) is 0 Å². The number of aromatic nitrogens is 2. The van der Waals surface area contributed by atoms with E-state index >= 15 is 0 Å². The van der Waals surface area contributed by atoms with Crippen LogP contribution in [-0.4, -0.2) is 21.9 Å². The topological polar surface area (TPSA) is 66.1 Å². The van der Waals surface area contributed by atoms with Crippen molar-refractivity contribution in [3.05, 3.63) is 58.3 Å². The second kappa shape index (κ2) is 4.35. The molecule has 96 valence electrons. The predicted molar refractivity (Wildman–Crippen MR) is 71.3 cm³/mol. The summed E-state index contributed by atoms with van der Waals surface area (Å²) in [6.45, 7) is 1.99. The van der Waals surface area contributed by atoms with Crippen LogP contribution >= 0.6 is 0 Å². The fourth-order valence-corrected chi connectivity index (χ4v) is 2.48. The van der Waals surface area contributed by atoms with Crippen LogP contribution in [0, 0.1) is 0 Å². The number of nitrogens with zero attached hydrogens (tertiary/aromatic N) is 2. The number of aromatic amines is 1. The Morgan fingerprint density at radius 1 is 1.42 bits per heavy atom. The van der Waals surface area contributed by atoms with E-state index in [1.165, 1.54) is 12.4 Å². The highest BCUT2D eigenvalue weighted by atomic mass is 16.2. The Hall–Kier alpha value is -2.43. The molecule has 0 unspecified atom stereocenters. The number of nitrogens with one attached hydrogen (secondary N) is 1. The molecule has 2 heterocycles. The zero-order valence-corrected chi connectivity index (χ0v) is 10.5. The summed E-state index contributed by atoms with van der Waals surface area (Å²) in [4.78, 5) is 31.8. The quantitative estimate of drug-likeness (QED) is 0.836. The molecule has 1 N–H and O–H groups in total. The van der Waals surface area contributed by atoms with E-state index in [9.17, 15) is 9.59 Å². The number of para-hydroxylation sites is 1. The number of fused-ring (bicyclic) bond motifs is 1. The van der Waals surface area contributed by atoms with Crippen LogP contribution in [0.5, 0.6) is 0 Å². The molecule has 1 aromatic carbocycles. The summed E-state index contributed by atoms with van der Waals surface area (Å²) in [6, 6.07) is 9.11. The molecule has 0 radical (unpaired) electrons. The van der Waals surface area contributed by atoms with Crippen molar-refractivity contribution < 1.29 is 4.79 Å². The van der Waals surface area contributed by atoms with E-state index in [0.717, 1.165) is 17.7 Å². The predicted octanol–water partition coefficient (Wildman–Crippen LogP) is 1.36. The number of rotatable bonds is 1. The zero-order valence-electron chi connectivity index (χ0n) is 10.5. The fraction of sp³-hybridized carbons (Fsp3) is 0.214. The molecular weight excluding hydrogens is 242 g/mol. The average molecular weight is 255 g/mol. The summed E-state index contributed by atoms with van der Waals surface area (Å²) < 4.78 is 0. The first-order valence-electron chi connectivity index (χ1n) is 6.13. The molecule has 0 fully saturated rings. The zero-order chi connectivity index (χ0) is 13.4. The van der Waals surface area contributed by atoms with Crippen molar-refractivity contribution in [3.63, 3.8) is 0 Å². The number of hydrogen-bond acceptors (Lipinski definition) is 3. The Morgan fingerprint density at radius 3 is 3.00 bits per heavy atom. The van der Waals surface area contributed by atoms with Gasteiger partial charge in [-0.05, 0) is 25.0 Å². The lowest BCUT2D eigenvalue weighted by Gasteiger charge is -2.22. The van der Waals surface area contributed by atoms with Gasteiger partial charge in [0.25, 0.3) is 11.5 Å². The van der Waals surface area contributed by atoms with Crippen LogP contribution in [0.15, 0.2) is 41.5 Å². The normalized spacial score (nSPS) is 17.3. The van der Waals surface area contributed by atoms with Crippen LogP contribution in [0.1, 0.15) is 23.0 Å². The molecule has 1 atom stereocenters. The molecule has 1 aliphatic heterocycles. The largest absolute Gasteiger partial charge is 0.313 e. The number of amides is 1. The number of carbonyl (C=O) groups is 1. The number of hydrogen-bond donors (Lipinski definition) is 1. The number of benzene rings is 1. The summed E-state index contributed by atoms with van der Waals surface area (Å²) in [7, 11) is 0. The smallest absolute Gasteiger partial charge is 0.277 e. The maximum Gasteiger partial charge on any atom is 0.277 e. The van der Waals surface area contributed by atoms with Gasteiger partial charge >= 0.3 is 0 Å². The van der Waals surface area contributed by atoms with Gasteiger partial charge in [-0.1, -0.05) is 18.2 Å². The molecule has 5 nitrogen and oxygen atoms in total. The Balaban J connectivity index is 2.03. The summed E-state index contributed by atoms with van der Waals surface area (Å²) in [6.07, 6.45) is 2.08. The van der Waals surface area contributed by atoms with Gasteiger partial charge in [-0.3, -0.25) is 9.59 Å². The lowest BCUT2D eigenvalue weighted by atomic mass is 10.1. The van der Waals surface area contributed by atoms with Crippen LogP contribution in [0.25, 0.3) is 0 Å². The minimum Gasteiger partial charge on any atom is -0.313 e. The minimum absolute atomic E-state index is 0.0750. The van der Waals surface area contributed by atoms with E-state index in [-0.39, 0.29) is 23.2 Å². The van der Waals surface area contributed by atoms with E-state index in [1.807, 2.05) is 31.2 Å². The number of anilines is 1. The first kappa shape index (κ1) is 11.6. The second-order valence-corrected chi connectivity index (χ2v) is 4.65. The van der Waals surface area contributed by atoms with Gasteiger partial charge in [-0.2, -0.15) is 0 Å². The summed E-state index contributed by atoms with van der Waals surface area (Å²) in [5, 5.41) is 0. The molecule has 0 saturated heterocycles. The third-order valence-corrected chi connectivity index (χ3v) is 3.32. The van der Waals surface area contributed by atoms with Crippen molar-refractivity contribution in [2.24, 2.45) is 0 Å². The Kier molecular flexibility index (Phi) is 2.67. The highest BCUT2D eigenvalue weighted by molar-refractivity contribution is 6.06. The van der Waals surface area contributed by atoms with E-state index < -0.39 is 0 Å². The first-order chi connectivity index (χ1) is 9.16. The molecule has 2 aromatic rings. The standard InChI is InChI=1S/C14H13N3O2/c1-9-6-10-4-2-3-5-12(10)17(9)14(19)11-7-13(18)16-8-15-11/h2-5,7-9H,6H2,1H3,(H,15,16,18)/t9-/m0/s1. The van der Waals surface area contributed by atoms with Gasteiger partial charge in [0.15, 0.2) is 0 Å². The van der Waals surface area contributed by atoms with Crippen LogP contribution < -0.4 is 10.5 Å². The molecular formula is C14H13N3O2. The molecule has 1 amide bonds. The lowest BCUT2D eigenvalue weighted by molar-refractivity contribution is 0.0976. The summed E-state index contributed by atoms with van der Waals surface area (Å²) in [5.41, 5.74) is 1.90. The second-order valence-electron chi connectivity index (χ2n) is 4.65.